The number of ether oxygens (including phenoxy) is 1. The topological polar surface area (TPSA) is 92.6 Å². The molecule has 7 nitrogen and oxygen atoms in total. The fourth-order valence-corrected chi connectivity index (χ4v) is 3.67. The van der Waals surface area contributed by atoms with Crippen LogP contribution in [0.25, 0.3) is 0 Å². The highest BCUT2D eigenvalue weighted by Gasteiger charge is 2.29. The minimum absolute atomic E-state index is 0.0471. The van der Waals surface area contributed by atoms with Crippen LogP contribution in [0, 0.1) is 0 Å². The van der Waals surface area contributed by atoms with E-state index in [0.29, 0.717) is 29.5 Å². The predicted octanol–water partition coefficient (Wildman–Crippen LogP) is 2.30. The van der Waals surface area contributed by atoms with Crippen molar-refractivity contribution in [1.82, 2.24) is 14.9 Å². The van der Waals surface area contributed by atoms with E-state index >= 15 is 0 Å². The number of thioether (sulfide) groups is 1. The van der Waals surface area contributed by atoms with E-state index in [1.807, 2.05) is 0 Å². The lowest BCUT2D eigenvalue weighted by molar-refractivity contribution is -0.138. The molecule has 1 atom stereocenters. The third-order valence-electron chi connectivity index (χ3n) is 3.74. The lowest BCUT2D eigenvalue weighted by Gasteiger charge is -2.34. The van der Waals surface area contributed by atoms with Gasteiger partial charge in [0.05, 0.1) is 18.7 Å². The van der Waals surface area contributed by atoms with Gasteiger partial charge >= 0.3 is 5.97 Å². The van der Waals surface area contributed by atoms with Crippen LogP contribution < -0.4 is 4.74 Å². The number of rotatable bonds is 5. The fourth-order valence-electron chi connectivity index (χ4n) is 2.61. The first-order chi connectivity index (χ1) is 12.1. The molecule has 1 aromatic carbocycles. The van der Waals surface area contributed by atoms with Gasteiger partial charge in [0.15, 0.2) is 0 Å². The van der Waals surface area contributed by atoms with Crippen molar-refractivity contribution in [3.8, 4) is 11.6 Å². The zero-order valence-electron chi connectivity index (χ0n) is 13.4. The Labute approximate surface area is 149 Å². The van der Waals surface area contributed by atoms with Crippen LogP contribution in [0.15, 0.2) is 42.9 Å². The molecule has 1 fully saturated rings. The van der Waals surface area contributed by atoms with Gasteiger partial charge in [-0.2, -0.15) is 11.8 Å². The molecule has 1 amide bonds. The van der Waals surface area contributed by atoms with Gasteiger partial charge in [0, 0.05) is 36.0 Å². The first-order valence-electron chi connectivity index (χ1n) is 7.78. The van der Waals surface area contributed by atoms with Crippen LogP contribution >= 0.6 is 11.8 Å². The molecular formula is C17H17N3O4S. The molecule has 0 aliphatic carbocycles. The predicted molar refractivity (Wildman–Crippen MR) is 93.0 cm³/mol. The molecule has 8 heteroatoms. The summed E-state index contributed by atoms with van der Waals surface area (Å²) in [6, 6.07) is 6.49. The van der Waals surface area contributed by atoms with Crippen molar-refractivity contribution in [2.75, 3.05) is 18.1 Å². The highest BCUT2D eigenvalue weighted by atomic mass is 32.2. The van der Waals surface area contributed by atoms with Gasteiger partial charge in [-0.3, -0.25) is 14.6 Å². The van der Waals surface area contributed by atoms with E-state index < -0.39 is 5.97 Å². The third kappa shape index (κ3) is 4.48. The number of benzene rings is 1. The molecule has 1 aliphatic rings. The number of carboxylic acids is 1. The van der Waals surface area contributed by atoms with Crippen LogP contribution in [0.4, 0.5) is 0 Å². The quantitative estimate of drug-likeness (QED) is 0.875. The molecule has 1 saturated heterocycles. The van der Waals surface area contributed by atoms with Crippen molar-refractivity contribution in [1.29, 1.82) is 0 Å². The summed E-state index contributed by atoms with van der Waals surface area (Å²) < 4.78 is 5.61. The maximum absolute atomic E-state index is 12.8. The summed E-state index contributed by atoms with van der Waals surface area (Å²) in [5, 5.41) is 9.06. The van der Waals surface area contributed by atoms with Gasteiger partial charge < -0.3 is 14.7 Å². The summed E-state index contributed by atoms with van der Waals surface area (Å²) in [6.07, 6.45) is 4.50. The molecule has 2 aromatic rings. The summed E-state index contributed by atoms with van der Waals surface area (Å²) in [7, 11) is 0. The first kappa shape index (κ1) is 17.2. The van der Waals surface area contributed by atoms with Crippen LogP contribution in [0.1, 0.15) is 16.8 Å². The van der Waals surface area contributed by atoms with Crippen molar-refractivity contribution in [2.45, 2.75) is 12.5 Å². The second-order valence-corrected chi connectivity index (χ2v) is 6.65. The molecular weight excluding hydrogens is 342 g/mol. The molecule has 3 rings (SSSR count). The average molecular weight is 359 g/mol. The Morgan fingerprint density at radius 2 is 2.24 bits per heavy atom. The highest BCUT2D eigenvalue weighted by molar-refractivity contribution is 7.99. The van der Waals surface area contributed by atoms with E-state index in [1.54, 1.807) is 47.1 Å². The SMILES string of the molecule is O=C(O)CC1CSCCN1C(=O)c1cccc(Oc2cnccn2)c1. The summed E-state index contributed by atoms with van der Waals surface area (Å²) >= 11 is 1.67. The molecule has 2 heterocycles. The second kappa shape index (κ2) is 7.98. The van der Waals surface area contributed by atoms with E-state index in [0.717, 1.165) is 5.75 Å². The van der Waals surface area contributed by atoms with Crippen LogP contribution in [-0.2, 0) is 4.79 Å². The minimum atomic E-state index is -0.898. The Bertz CT molecular complexity index is 757. The summed E-state index contributed by atoms with van der Waals surface area (Å²) in [6.45, 7) is 0.538. The highest BCUT2D eigenvalue weighted by Crippen LogP contribution is 2.24. The molecule has 0 bridgehead atoms. The molecule has 1 aliphatic heterocycles. The zero-order valence-corrected chi connectivity index (χ0v) is 14.2. The number of carboxylic acid groups (broad SMARTS) is 1. The van der Waals surface area contributed by atoms with Crippen molar-refractivity contribution in [3.05, 3.63) is 48.4 Å². The summed E-state index contributed by atoms with van der Waals surface area (Å²) in [5.41, 5.74) is 0.462. The zero-order chi connectivity index (χ0) is 17.6. The van der Waals surface area contributed by atoms with E-state index in [4.69, 9.17) is 9.84 Å². The molecule has 0 spiro atoms. The largest absolute Gasteiger partial charge is 0.481 e. The Morgan fingerprint density at radius 1 is 1.36 bits per heavy atom. The second-order valence-electron chi connectivity index (χ2n) is 5.50. The molecule has 1 N–H and O–H groups in total. The molecule has 0 radical (unpaired) electrons. The van der Waals surface area contributed by atoms with Crippen LogP contribution in [0.2, 0.25) is 0 Å². The normalized spacial score (nSPS) is 17.1. The smallest absolute Gasteiger partial charge is 0.305 e. The number of hydrogen-bond donors (Lipinski definition) is 1. The van der Waals surface area contributed by atoms with Gasteiger partial charge in [-0.1, -0.05) is 6.07 Å². The Morgan fingerprint density at radius 3 is 3.00 bits per heavy atom. The van der Waals surface area contributed by atoms with Crippen molar-refractivity contribution in [3.63, 3.8) is 0 Å². The summed E-state index contributed by atoms with van der Waals surface area (Å²) in [4.78, 5) is 33.5. The molecule has 130 valence electrons. The fraction of sp³-hybridized carbons (Fsp3) is 0.294. The van der Waals surface area contributed by atoms with E-state index in [1.165, 1.54) is 12.4 Å². The number of amides is 1. The molecule has 1 unspecified atom stereocenters. The van der Waals surface area contributed by atoms with E-state index in [9.17, 15) is 9.59 Å². The van der Waals surface area contributed by atoms with Gasteiger partial charge in [0.25, 0.3) is 5.91 Å². The molecule has 0 saturated carbocycles. The van der Waals surface area contributed by atoms with Gasteiger partial charge in [0.2, 0.25) is 5.88 Å². The lowest BCUT2D eigenvalue weighted by atomic mass is 10.1. The monoisotopic (exact) mass is 359 g/mol. The number of aromatic nitrogens is 2. The Hall–Kier alpha value is -2.61. The number of nitrogens with zero attached hydrogens (tertiary/aromatic N) is 3. The van der Waals surface area contributed by atoms with Crippen molar-refractivity contribution in [2.24, 2.45) is 0 Å². The van der Waals surface area contributed by atoms with Gasteiger partial charge in [-0.25, -0.2) is 4.98 Å². The van der Waals surface area contributed by atoms with Crippen LogP contribution in [0.5, 0.6) is 11.6 Å². The van der Waals surface area contributed by atoms with Crippen LogP contribution in [-0.4, -0.2) is 55.9 Å². The first-order valence-corrected chi connectivity index (χ1v) is 8.93. The maximum atomic E-state index is 12.8. The van der Waals surface area contributed by atoms with Crippen molar-refractivity contribution >= 4 is 23.6 Å². The van der Waals surface area contributed by atoms with E-state index in [2.05, 4.69) is 9.97 Å². The number of carbonyl (C=O) groups excluding carboxylic acids is 1. The van der Waals surface area contributed by atoms with Gasteiger partial charge in [0.1, 0.15) is 5.75 Å². The Balaban J connectivity index is 1.77. The average Bonchev–Trinajstić information content (AvgIpc) is 2.62. The number of carbonyl (C=O) groups is 2. The third-order valence-corrected chi connectivity index (χ3v) is 4.83. The number of aliphatic carboxylic acids is 1. The van der Waals surface area contributed by atoms with E-state index in [-0.39, 0.29) is 18.4 Å². The lowest BCUT2D eigenvalue weighted by Crippen LogP contribution is -2.47. The van der Waals surface area contributed by atoms with Crippen LogP contribution in [0.3, 0.4) is 0 Å². The Kier molecular flexibility index (Phi) is 5.49. The van der Waals surface area contributed by atoms with Crippen molar-refractivity contribution < 1.29 is 19.4 Å². The molecule has 1 aromatic heterocycles. The maximum Gasteiger partial charge on any atom is 0.305 e. The number of hydrogen-bond acceptors (Lipinski definition) is 6. The summed E-state index contributed by atoms with van der Waals surface area (Å²) in [5.74, 6) is 1.17. The minimum Gasteiger partial charge on any atom is -0.481 e. The standard InChI is InChI=1S/C17H17N3O4S/c21-16(22)9-13-11-25-7-6-20(13)17(23)12-2-1-3-14(8-12)24-15-10-18-4-5-19-15/h1-5,8,10,13H,6-7,9,11H2,(H,21,22). The molecule has 25 heavy (non-hydrogen) atoms. The van der Waals surface area contributed by atoms with Gasteiger partial charge in [-0.15, -0.1) is 0 Å². The van der Waals surface area contributed by atoms with Gasteiger partial charge in [-0.05, 0) is 18.2 Å².